The Labute approximate surface area is 191 Å². The topological polar surface area (TPSA) is 136 Å². The molecule has 0 aliphatic heterocycles. The Balaban J connectivity index is 1.46. The third-order valence-electron chi connectivity index (χ3n) is 7.02. The summed E-state index contributed by atoms with van der Waals surface area (Å²) in [4.78, 5) is 12.8. The number of aliphatic hydroxyl groups is 2. The summed E-state index contributed by atoms with van der Waals surface area (Å²) in [6, 6.07) is 11.2. The largest absolute Gasteiger partial charge is 0.389 e. The van der Waals surface area contributed by atoms with Gasteiger partial charge in [-0.3, -0.25) is 0 Å². The second-order valence-corrected chi connectivity index (χ2v) is 9.02. The second-order valence-electron chi connectivity index (χ2n) is 9.02. The highest BCUT2D eigenvalue weighted by Crippen LogP contribution is 2.50. The summed E-state index contributed by atoms with van der Waals surface area (Å²) in [7, 11) is 0. The van der Waals surface area contributed by atoms with E-state index in [9.17, 15) is 10.2 Å². The maximum atomic E-state index is 11.1. The SMILES string of the molecule is C#C[C@]1(CC(C)c2ccc3ccc(N)nc3c2)C[C@@H](n2ccc3c(N)ncnc32)[C@H](O)[C@@H]1O. The van der Waals surface area contributed by atoms with Crippen molar-refractivity contribution in [1.82, 2.24) is 19.5 Å². The van der Waals surface area contributed by atoms with Gasteiger partial charge in [0.05, 0.1) is 28.5 Å². The highest BCUT2D eigenvalue weighted by atomic mass is 16.3. The first kappa shape index (κ1) is 21.2. The van der Waals surface area contributed by atoms with Crippen LogP contribution in [-0.4, -0.2) is 41.9 Å². The molecule has 3 heterocycles. The molecular formula is C25H26N6O2. The molecule has 0 spiro atoms. The first-order valence-electron chi connectivity index (χ1n) is 10.9. The molecule has 8 nitrogen and oxygen atoms in total. The average molecular weight is 443 g/mol. The predicted octanol–water partition coefficient (Wildman–Crippen LogP) is 2.62. The highest BCUT2D eigenvalue weighted by Gasteiger charge is 2.53. The number of benzene rings is 1. The molecule has 1 aromatic carbocycles. The molecule has 0 saturated heterocycles. The van der Waals surface area contributed by atoms with Gasteiger partial charge >= 0.3 is 0 Å². The molecule has 1 fully saturated rings. The van der Waals surface area contributed by atoms with Gasteiger partial charge in [-0.1, -0.05) is 25.0 Å². The van der Waals surface area contributed by atoms with Crippen molar-refractivity contribution in [3.8, 4) is 12.3 Å². The summed E-state index contributed by atoms with van der Waals surface area (Å²) >= 11 is 0. The first-order valence-corrected chi connectivity index (χ1v) is 10.9. The van der Waals surface area contributed by atoms with Gasteiger partial charge in [0.2, 0.25) is 0 Å². The van der Waals surface area contributed by atoms with Crippen LogP contribution in [0.15, 0.2) is 48.9 Å². The summed E-state index contributed by atoms with van der Waals surface area (Å²) < 4.78 is 1.84. The Bertz CT molecular complexity index is 1390. The van der Waals surface area contributed by atoms with Crippen LogP contribution in [0.1, 0.15) is 37.3 Å². The monoisotopic (exact) mass is 442 g/mol. The Morgan fingerprint density at radius 3 is 2.79 bits per heavy atom. The molecule has 1 unspecified atom stereocenters. The lowest BCUT2D eigenvalue weighted by atomic mass is 9.75. The zero-order valence-electron chi connectivity index (χ0n) is 18.3. The van der Waals surface area contributed by atoms with E-state index in [1.54, 1.807) is 6.07 Å². The molecule has 1 aliphatic carbocycles. The molecule has 1 aliphatic rings. The van der Waals surface area contributed by atoms with E-state index in [-0.39, 0.29) is 5.92 Å². The smallest absolute Gasteiger partial charge is 0.145 e. The second kappa shape index (κ2) is 7.73. The van der Waals surface area contributed by atoms with Gasteiger partial charge < -0.3 is 26.2 Å². The Morgan fingerprint density at radius 2 is 2.00 bits per heavy atom. The van der Waals surface area contributed by atoms with E-state index in [4.69, 9.17) is 17.9 Å². The standard InChI is InChI=1S/C25H26N6O2/c1-3-25(11-14(2)16-5-4-15-6-7-20(26)30-18(15)10-16)12-19(21(32)22(25)33)31-9-8-17-23(27)28-13-29-24(17)31/h1,4-10,13-14,19,21-22,32-33H,11-12H2,2H3,(H2,26,30)(H2,27,28,29)/t14?,19-,21+,22+,25+/m1/s1. The van der Waals surface area contributed by atoms with Gasteiger partial charge in [-0.05, 0) is 48.6 Å². The fourth-order valence-electron chi connectivity index (χ4n) is 5.20. The number of terminal acetylenes is 1. The number of aromatic nitrogens is 4. The van der Waals surface area contributed by atoms with Gasteiger partial charge in [-0.15, -0.1) is 6.42 Å². The molecule has 8 heteroatoms. The lowest BCUT2D eigenvalue weighted by molar-refractivity contribution is -0.0130. The van der Waals surface area contributed by atoms with Gasteiger partial charge in [-0.2, -0.15) is 0 Å². The van der Waals surface area contributed by atoms with E-state index in [1.165, 1.54) is 6.33 Å². The zero-order valence-corrected chi connectivity index (χ0v) is 18.3. The third kappa shape index (κ3) is 3.37. The van der Waals surface area contributed by atoms with Crippen molar-refractivity contribution in [2.45, 2.75) is 43.9 Å². The van der Waals surface area contributed by atoms with Crippen molar-refractivity contribution >= 4 is 33.6 Å². The zero-order chi connectivity index (χ0) is 23.3. The van der Waals surface area contributed by atoms with Crippen LogP contribution < -0.4 is 11.5 Å². The maximum absolute atomic E-state index is 11.1. The molecule has 3 aromatic heterocycles. The van der Waals surface area contributed by atoms with Gasteiger partial charge in [0, 0.05) is 11.6 Å². The van der Waals surface area contributed by atoms with E-state index in [2.05, 4.69) is 27.8 Å². The van der Waals surface area contributed by atoms with E-state index < -0.39 is 23.7 Å². The summed E-state index contributed by atoms with van der Waals surface area (Å²) in [5.74, 6) is 3.70. The molecule has 0 radical (unpaired) electrons. The van der Waals surface area contributed by atoms with Crippen molar-refractivity contribution in [1.29, 1.82) is 0 Å². The van der Waals surface area contributed by atoms with Crippen molar-refractivity contribution in [3.05, 3.63) is 54.5 Å². The van der Waals surface area contributed by atoms with E-state index in [1.807, 2.05) is 41.1 Å². The van der Waals surface area contributed by atoms with Gasteiger partial charge in [-0.25, -0.2) is 15.0 Å². The molecule has 4 aromatic rings. The van der Waals surface area contributed by atoms with Crippen LogP contribution in [0.4, 0.5) is 11.6 Å². The minimum absolute atomic E-state index is 0.0219. The number of hydrogen-bond acceptors (Lipinski definition) is 7. The molecular weight excluding hydrogens is 416 g/mol. The number of nitrogen functional groups attached to an aromatic ring is 2. The number of aliphatic hydroxyl groups excluding tert-OH is 2. The van der Waals surface area contributed by atoms with Crippen LogP contribution in [0.3, 0.4) is 0 Å². The Hall–Kier alpha value is -3.67. The highest BCUT2D eigenvalue weighted by molar-refractivity contribution is 5.86. The molecule has 5 atom stereocenters. The van der Waals surface area contributed by atoms with Crippen molar-refractivity contribution in [2.24, 2.45) is 5.41 Å². The van der Waals surface area contributed by atoms with Crippen molar-refractivity contribution in [2.75, 3.05) is 11.5 Å². The summed E-state index contributed by atoms with van der Waals surface area (Å²) in [5, 5.41) is 23.8. The lowest BCUT2D eigenvalue weighted by Crippen LogP contribution is -2.36. The molecule has 33 heavy (non-hydrogen) atoms. The van der Waals surface area contributed by atoms with Gasteiger partial charge in [0.15, 0.2) is 0 Å². The quantitative estimate of drug-likeness (QED) is 0.357. The summed E-state index contributed by atoms with van der Waals surface area (Å²) in [5.41, 5.74) is 13.4. The van der Waals surface area contributed by atoms with E-state index in [0.29, 0.717) is 35.5 Å². The van der Waals surface area contributed by atoms with Crippen LogP contribution in [0.5, 0.6) is 0 Å². The van der Waals surface area contributed by atoms with Crippen molar-refractivity contribution < 1.29 is 10.2 Å². The Morgan fingerprint density at radius 1 is 1.21 bits per heavy atom. The number of pyridine rings is 1. The average Bonchev–Trinajstić information content (AvgIpc) is 3.34. The van der Waals surface area contributed by atoms with Crippen LogP contribution in [0.2, 0.25) is 0 Å². The molecule has 5 rings (SSSR count). The van der Waals surface area contributed by atoms with Crippen LogP contribution in [0.25, 0.3) is 21.9 Å². The number of nitrogens with two attached hydrogens (primary N) is 2. The van der Waals surface area contributed by atoms with E-state index >= 15 is 0 Å². The molecule has 6 N–H and O–H groups in total. The van der Waals surface area contributed by atoms with Crippen LogP contribution in [-0.2, 0) is 0 Å². The first-order chi connectivity index (χ1) is 15.8. The Kier molecular flexibility index (Phi) is 4.96. The normalized spacial score (nSPS) is 25.9. The molecule has 0 bridgehead atoms. The number of rotatable bonds is 4. The van der Waals surface area contributed by atoms with Gasteiger partial charge in [0.25, 0.3) is 0 Å². The number of hydrogen-bond donors (Lipinski definition) is 4. The minimum atomic E-state index is -1.08. The maximum Gasteiger partial charge on any atom is 0.145 e. The molecule has 1 saturated carbocycles. The van der Waals surface area contributed by atoms with E-state index in [0.717, 1.165) is 16.5 Å². The molecule has 0 amide bonds. The summed E-state index contributed by atoms with van der Waals surface area (Å²) in [6.07, 6.45) is 7.99. The van der Waals surface area contributed by atoms with Crippen LogP contribution >= 0.6 is 0 Å². The fraction of sp³-hybridized carbons (Fsp3) is 0.320. The minimum Gasteiger partial charge on any atom is -0.389 e. The fourth-order valence-corrected chi connectivity index (χ4v) is 5.20. The summed E-state index contributed by atoms with van der Waals surface area (Å²) in [6.45, 7) is 2.07. The van der Waals surface area contributed by atoms with Gasteiger partial charge in [0.1, 0.15) is 29.7 Å². The third-order valence-corrected chi connectivity index (χ3v) is 7.02. The number of nitrogens with zero attached hydrogens (tertiary/aromatic N) is 4. The lowest BCUT2D eigenvalue weighted by Gasteiger charge is -2.30. The predicted molar refractivity (Wildman–Crippen MR) is 128 cm³/mol. The number of fused-ring (bicyclic) bond motifs is 2. The molecule has 168 valence electrons. The van der Waals surface area contributed by atoms with Crippen molar-refractivity contribution in [3.63, 3.8) is 0 Å². The number of anilines is 2. The van der Waals surface area contributed by atoms with Crippen LogP contribution in [0, 0.1) is 17.8 Å².